The molecule has 6 nitrogen and oxygen atoms in total. The van der Waals surface area contributed by atoms with Gasteiger partial charge in [-0.25, -0.2) is 14.4 Å². The summed E-state index contributed by atoms with van der Waals surface area (Å²) < 4.78 is 18.4. The quantitative estimate of drug-likeness (QED) is 0.908. The van der Waals surface area contributed by atoms with Gasteiger partial charge in [-0.05, 0) is 43.7 Å². The van der Waals surface area contributed by atoms with Crippen LogP contribution in [-0.4, -0.2) is 40.5 Å². The smallest absolute Gasteiger partial charge is 0.260 e. The standard InChI is InChI=1S/C19H21FN4O2/c20-14-3-5-15(6-4-14)26-12-18(25)24-9-7-16-13(11-24)10-22-19(23-16)17-2-1-8-21-17/h3-6,10,17,21H,1-2,7-9,11-12H2/t17-/m1/s1. The Morgan fingerprint density at radius 1 is 1.35 bits per heavy atom. The number of nitrogens with one attached hydrogen (secondary N) is 1. The second kappa shape index (κ2) is 7.37. The number of carbonyl (C=O) groups excluding carboxylic acids is 1. The molecular weight excluding hydrogens is 335 g/mol. The maximum absolute atomic E-state index is 12.9. The molecule has 1 amide bonds. The highest BCUT2D eigenvalue weighted by Crippen LogP contribution is 2.23. The lowest BCUT2D eigenvalue weighted by molar-refractivity contribution is -0.134. The van der Waals surface area contributed by atoms with Gasteiger partial charge in [0, 0.05) is 31.3 Å². The number of hydrogen-bond acceptors (Lipinski definition) is 5. The minimum absolute atomic E-state index is 0.0636. The number of rotatable bonds is 4. The molecule has 2 aromatic rings. The van der Waals surface area contributed by atoms with Crippen LogP contribution in [0.1, 0.15) is 36.0 Å². The number of ether oxygens (including phenoxy) is 1. The largest absolute Gasteiger partial charge is 0.484 e. The Bertz CT molecular complexity index is 791. The third-order valence-corrected chi connectivity index (χ3v) is 4.85. The molecule has 26 heavy (non-hydrogen) atoms. The summed E-state index contributed by atoms with van der Waals surface area (Å²) in [6.07, 6.45) is 4.80. The highest BCUT2D eigenvalue weighted by molar-refractivity contribution is 5.78. The van der Waals surface area contributed by atoms with E-state index in [2.05, 4.69) is 10.3 Å². The lowest BCUT2D eigenvalue weighted by Gasteiger charge is -2.28. The molecule has 136 valence electrons. The van der Waals surface area contributed by atoms with Crippen LogP contribution in [0.15, 0.2) is 30.5 Å². The van der Waals surface area contributed by atoms with Crippen molar-refractivity contribution in [3.63, 3.8) is 0 Å². The van der Waals surface area contributed by atoms with Crippen LogP contribution in [0.3, 0.4) is 0 Å². The first kappa shape index (κ1) is 16.9. The van der Waals surface area contributed by atoms with Gasteiger partial charge in [-0.15, -0.1) is 0 Å². The van der Waals surface area contributed by atoms with Gasteiger partial charge in [-0.1, -0.05) is 0 Å². The molecule has 0 aliphatic carbocycles. The first-order chi connectivity index (χ1) is 12.7. The topological polar surface area (TPSA) is 67.3 Å². The number of aromatic nitrogens is 2. The molecule has 1 atom stereocenters. The van der Waals surface area contributed by atoms with Crippen LogP contribution < -0.4 is 10.1 Å². The summed E-state index contributed by atoms with van der Waals surface area (Å²) in [5.41, 5.74) is 2.03. The first-order valence-electron chi connectivity index (χ1n) is 8.93. The Morgan fingerprint density at radius 2 is 2.19 bits per heavy atom. The van der Waals surface area contributed by atoms with Crippen LogP contribution in [0, 0.1) is 5.82 Å². The summed E-state index contributed by atoms with van der Waals surface area (Å²) in [7, 11) is 0. The Hall–Kier alpha value is -2.54. The predicted molar refractivity (Wildman–Crippen MR) is 93.0 cm³/mol. The second-order valence-electron chi connectivity index (χ2n) is 6.66. The number of nitrogens with zero attached hydrogens (tertiary/aromatic N) is 3. The van der Waals surface area contributed by atoms with E-state index in [0.29, 0.717) is 18.8 Å². The van der Waals surface area contributed by atoms with Gasteiger partial charge in [0.2, 0.25) is 0 Å². The van der Waals surface area contributed by atoms with Crippen LogP contribution in [0.25, 0.3) is 0 Å². The van der Waals surface area contributed by atoms with Gasteiger partial charge < -0.3 is 15.0 Å². The summed E-state index contributed by atoms with van der Waals surface area (Å²) >= 11 is 0. The molecule has 1 N–H and O–H groups in total. The molecule has 3 heterocycles. The maximum atomic E-state index is 12.9. The van der Waals surface area contributed by atoms with Gasteiger partial charge in [-0.3, -0.25) is 4.79 Å². The highest BCUT2D eigenvalue weighted by atomic mass is 19.1. The van der Waals surface area contributed by atoms with Crippen molar-refractivity contribution in [1.29, 1.82) is 0 Å². The fraction of sp³-hybridized carbons (Fsp3) is 0.421. The van der Waals surface area contributed by atoms with Gasteiger partial charge in [0.25, 0.3) is 5.91 Å². The zero-order valence-electron chi connectivity index (χ0n) is 14.4. The van der Waals surface area contributed by atoms with Crippen LogP contribution in [-0.2, 0) is 17.8 Å². The van der Waals surface area contributed by atoms with Gasteiger partial charge in [-0.2, -0.15) is 0 Å². The van der Waals surface area contributed by atoms with Crippen molar-refractivity contribution in [2.24, 2.45) is 0 Å². The Balaban J connectivity index is 1.36. The Morgan fingerprint density at radius 3 is 2.96 bits per heavy atom. The van der Waals surface area contributed by atoms with Gasteiger partial charge in [0.05, 0.1) is 11.7 Å². The molecule has 1 aromatic carbocycles. The third kappa shape index (κ3) is 3.67. The molecule has 2 aliphatic rings. The van der Waals surface area contributed by atoms with Crippen LogP contribution in [0.5, 0.6) is 5.75 Å². The Kier molecular flexibility index (Phi) is 4.79. The van der Waals surface area contributed by atoms with Crippen LogP contribution >= 0.6 is 0 Å². The van der Waals surface area contributed by atoms with Crippen molar-refractivity contribution in [2.75, 3.05) is 19.7 Å². The van der Waals surface area contributed by atoms with E-state index in [1.807, 2.05) is 6.20 Å². The molecule has 1 aromatic heterocycles. The van der Waals surface area contributed by atoms with Crippen molar-refractivity contribution < 1.29 is 13.9 Å². The molecule has 0 saturated carbocycles. The monoisotopic (exact) mass is 356 g/mol. The van der Waals surface area contributed by atoms with Crippen molar-refractivity contribution in [1.82, 2.24) is 20.2 Å². The van der Waals surface area contributed by atoms with E-state index in [9.17, 15) is 9.18 Å². The highest BCUT2D eigenvalue weighted by Gasteiger charge is 2.25. The number of carbonyl (C=O) groups is 1. The average molecular weight is 356 g/mol. The zero-order chi connectivity index (χ0) is 17.9. The molecule has 1 saturated heterocycles. The van der Waals surface area contributed by atoms with Gasteiger partial charge >= 0.3 is 0 Å². The number of benzene rings is 1. The Labute approximate surface area is 151 Å². The van der Waals surface area contributed by atoms with Crippen molar-refractivity contribution >= 4 is 5.91 Å². The van der Waals surface area contributed by atoms with E-state index in [1.165, 1.54) is 24.3 Å². The molecule has 2 aliphatic heterocycles. The van der Waals surface area contributed by atoms with E-state index < -0.39 is 0 Å². The third-order valence-electron chi connectivity index (χ3n) is 4.85. The summed E-state index contributed by atoms with van der Waals surface area (Å²) in [5.74, 6) is 0.917. The first-order valence-corrected chi connectivity index (χ1v) is 8.93. The van der Waals surface area contributed by atoms with Crippen molar-refractivity contribution in [3.05, 3.63) is 53.4 Å². The summed E-state index contributed by atoms with van der Waals surface area (Å²) in [4.78, 5) is 23.4. The maximum Gasteiger partial charge on any atom is 0.260 e. The fourth-order valence-electron chi connectivity index (χ4n) is 3.38. The van der Waals surface area contributed by atoms with Crippen molar-refractivity contribution in [2.45, 2.75) is 31.8 Å². The molecule has 0 bridgehead atoms. The van der Waals surface area contributed by atoms with E-state index >= 15 is 0 Å². The van der Waals surface area contributed by atoms with Crippen LogP contribution in [0.4, 0.5) is 4.39 Å². The number of amides is 1. The van der Waals surface area contributed by atoms with Gasteiger partial charge in [0.15, 0.2) is 6.61 Å². The minimum Gasteiger partial charge on any atom is -0.484 e. The molecule has 4 rings (SSSR count). The van der Waals surface area contributed by atoms with E-state index in [0.717, 1.165) is 42.9 Å². The minimum atomic E-state index is -0.330. The molecule has 1 fully saturated rings. The summed E-state index contributed by atoms with van der Waals surface area (Å²) in [6.45, 7) is 2.07. The van der Waals surface area contributed by atoms with Crippen LogP contribution in [0.2, 0.25) is 0 Å². The SMILES string of the molecule is O=C(COc1ccc(F)cc1)N1CCc2nc([C@H]3CCCN3)ncc2C1. The van der Waals surface area contributed by atoms with E-state index in [-0.39, 0.29) is 24.4 Å². The van der Waals surface area contributed by atoms with E-state index in [1.54, 1.807) is 4.90 Å². The molecule has 0 radical (unpaired) electrons. The second-order valence-corrected chi connectivity index (χ2v) is 6.66. The number of fused-ring (bicyclic) bond motifs is 1. The van der Waals surface area contributed by atoms with Gasteiger partial charge in [0.1, 0.15) is 17.4 Å². The lowest BCUT2D eigenvalue weighted by Crippen LogP contribution is -2.39. The average Bonchev–Trinajstić information content (AvgIpc) is 3.21. The predicted octanol–water partition coefficient (Wildman–Crippen LogP) is 2.00. The molecule has 0 spiro atoms. The molecular formula is C19H21FN4O2. The fourth-order valence-corrected chi connectivity index (χ4v) is 3.38. The lowest BCUT2D eigenvalue weighted by atomic mass is 10.1. The van der Waals surface area contributed by atoms with Crippen molar-refractivity contribution in [3.8, 4) is 5.75 Å². The van der Waals surface area contributed by atoms with E-state index in [4.69, 9.17) is 9.72 Å². The summed E-state index contributed by atoms with van der Waals surface area (Å²) in [6, 6.07) is 5.90. The zero-order valence-corrected chi connectivity index (χ0v) is 14.4. The normalized spacial score (nSPS) is 19.3. The number of hydrogen-bond donors (Lipinski definition) is 1. The molecule has 7 heteroatoms. The summed E-state index contributed by atoms with van der Waals surface area (Å²) in [5, 5.41) is 3.41. The molecule has 0 unspecified atom stereocenters. The number of halogens is 1.